The fourth-order valence-corrected chi connectivity index (χ4v) is 8.75. The van der Waals surface area contributed by atoms with Crippen molar-refractivity contribution in [1.29, 1.82) is 0 Å². The van der Waals surface area contributed by atoms with E-state index in [1.54, 1.807) is 0 Å². The molecule has 7 atom stereocenters. The van der Waals surface area contributed by atoms with Gasteiger partial charge in [0.2, 0.25) is 0 Å². The Hall–Kier alpha value is -0.870. The van der Waals surface area contributed by atoms with Gasteiger partial charge in [-0.25, -0.2) is 0 Å². The number of fused-ring (bicyclic) bond motifs is 6. The third-order valence-corrected chi connectivity index (χ3v) is 10.3. The van der Waals surface area contributed by atoms with E-state index in [2.05, 4.69) is 20.4 Å². The van der Waals surface area contributed by atoms with Gasteiger partial charge < -0.3 is 14.2 Å². The molecule has 4 saturated carbocycles. The van der Waals surface area contributed by atoms with Crippen LogP contribution in [0.15, 0.2) is 12.7 Å². The van der Waals surface area contributed by atoms with Crippen LogP contribution in [0.3, 0.4) is 0 Å². The Morgan fingerprint density at radius 1 is 1.00 bits per heavy atom. The van der Waals surface area contributed by atoms with Crippen LogP contribution in [0.1, 0.15) is 78.6 Å². The number of esters is 1. The molecule has 4 aliphatic carbocycles. The summed E-state index contributed by atoms with van der Waals surface area (Å²) in [6.45, 7) is 12.1. The second-order valence-electron chi connectivity index (χ2n) is 11.2. The molecule has 5 aliphatic rings. The minimum Gasteiger partial charge on any atom is -0.455 e. The summed E-state index contributed by atoms with van der Waals surface area (Å²) in [4.78, 5) is 11.7. The molecule has 4 heteroatoms. The second kappa shape index (κ2) is 6.56. The highest BCUT2D eigenvalue weighted by Gasteiger charge is 2.67. The van der Waals surface area contributed by atoms with E-state index < -0.39 is 5.60 Å². The van der Waals surface area contributed by atoms with E-state index in [1.807, 2.05) is 6.08 Å². The standard InChI is InChI=1S/C25H38O4/c1-5-24(29-17(2)26)13-12-22(3)18(16-24)6-7-19-20(22)8-10-23(4)21(19)9-11-25(23)27-14-15-28-25/h5,18-21H,1,6-16H2,2-4H3/t18-,19-,20+,21+,22-,23-,24-/m0/s1. The lowest BCUT2D eigenvalue weighted by molar-refractivity contribution is -0.248. The van der Waals surface area contributed by atoms with Crippen molar-refractivity contribution in [3.63, 3.8) is 0 Å². The van der Waals surface area contributed by atoms with Crippen LogP contribution in [0.5, 0.6) is 0 Å². The number of carbonyl (C=O) groups is 1. The topological polar surface area (TPSA) is 44.8 Å². The van der Waals surface area contributed by atoms with Gasteiger partial charge in [-0.1, -0.05) is 20.4 Å². The zero-order valence-corrected chi connectivity index (χ0v) is 18.5. The zero-order valence-electron chi connectivity index (χ0n) is 18.5. The van der Waals surface area contributed by atoms with E-state index >= 15 is 0 Å². The molecule has 0 N–H and O–H groups in total. The van der Waals surface area contributed by atoms with Crippen molar-refractivity contribution in [3.8, 4) is 0 Å². The van der Waals surface area contributed by atoms with Crippen molar-refractivity contribution in [2.75, 3.05) is 13.2 Å². The van der Waals surface area contributed by atoms with Crippen molar-refractivity contribution in [2.24, 2.45) is 34.5 Å². The van der Waals surface area contributed by atoms with Crippen LogP contribution >= 0.6 is 0 Å². The Bertz CT molecular complexity index is 697. The molecule has 1 heterocycles. The lowest BCUT2D eigenvalue weighted by atomic mass is 9.44. The fraction of sp³-hybridized carbons (Fsp3) is 0.880. The maximum absolute atomic E-state index is 11.7. The van der Waals surface area contributed by atoms with Crippen molar-refractivity contribution >= 4 is 5.97 Å². The van der Waals surface area contributed by atoms with Crippen LogP contribution in [0.2, 0.25) is 0 Å². The quantitative estimate of drug-likeness (QED) is 0.467. The maximum Gasteiger partial charge on any atom is 0.303 e. The summed E-state index contributed by atoms with van der Waals surface area (Å²) < 4.78 is 18.4. The SMILES string of the molecule is C=C[C@]1(OC(C)=O)CC[C@@]2(C)[C@@H](CC[C@H]3[C@H]2CC[C@@]2(C)[C@@H]3CCC23OCCO3)C1. The van der Waals surface area contributed by atoms with E-state index in [-0.39, 0.29) is 17.2 Å². The molecule has 0 unspecified atom stereocenters. The molecule has 1 spiro atoms. The highest BCUT2D eigenvalue weighted by molar-refractivity contribution is 5.66. The lowest BCUT2D eigenvalue weighted by Crippen LogP contribution is -2.58. The third-order valence-electron chi connectivity index (χ3n) is 10.3. The first-order chi connectivity index (χ1) is 13.8. The molecule has 4 nitrogen and oxygen atoms in total. The lowest BCUT2D eigenvalue weighted by Gasteiger charge is -2.62. The van der Waals surface area contributed by atoms with E-state index in [0.29, 0.717) is 11.3 Å². The van der Waals surface area contributed by atoms with Crippen molar-refractivity contribution in [3.05, 3.63) is 12.7 Å². The summed E-state index contributed by atoms with van der Waals surface area (Å²) >= 11 is 0. The first-order valence-corrected chi connectivity index (χ1v) is 11.9. The summed E-state index contributed by atoms with van der Waals surface area (Å²) in [6.07, 6.45) is 12.3. The van der Waals surface area contributed by atoms with Crippen molar-refractivity contribution in [1.82, 2.24) is 0 Å². The molecule has 29 heavy (non-hydrogen) atoms. The molecule has 0 aromatic heterocycles. The van der Waals surface area contributed by atoms with Gasteiger partial charge in [-0.2, -0.15) is 0 Å². The summed E-state index contributed by atoms with van der Waals surface area (Å²) in [5.41, 5.74) is 0.0736. The van der Waals surface area contributed by atoms with Gasteiger partial charge in [0.15, 0.2) is 5.79 Å². The minimum atomic E-state index is -0.449. The largest absolute Gasteiger partial charge is 0.455 e. The van der Waals surface area contributed by atoms with E-state index in [0.717, 1.165) is 56.7 Å². The maximum atomic E-state index is 11.7. The van der Waals surface area contributed by atoms with Gasteiger partial charge in [-0.15, -0.1) is 0 Å². The number of ether oxygens (including phenoxy) is 3. The van der Waals surface area contributed by atoms with Gasteiger partial charge in [0.25, 0.3) is 0 Å². The molecule has 1 saturated heterocycles. The average Bonchev–Trinajstić information content (AvgIpc) is 3.28. The Morgan fingerprint density at radius 3 is 2.41 bits per heavy atom. The third kappa shape index (κ3) is 2.67. The van der Waals surface area contributed by atoms with E-state index in [9.17, 15) is 4.79 Å². The molecule has 5 fully saturated rings. The molecule has 0 radical (unpaired) electrons. The van der Waals surface area contributed by atoms with Crippen molar-refractivity contribution < 1.29 is 19.0 Å². The van der Waals surface area contributed by atoms with Crippen LogP contribution in [0.25, 0.3) is 0 Å². The summed E-state index contributed by atoms with van der Waals surface area (Å²) in [7, 11) is 0. The minimum absolute atomic E-state index is 0.172. The Kier molecular flexibility index (Phi) is 4.54. The first kappa shape index (κ1) is 20.1. The van der Waals surface area contributed by atoms with Gasteiger partial charge in [0.05, 0.1) is 13.2 Å². The molecule has 1 aliphatic heterocycles. The van der Waals surface area contributed by atoms with Crippen LogP contribution in [-0.2, 0) is 19.0 Å². The summed E-state index contributed by atoms with van der Waals surface area (Å²) in [5, 5.41) is 0. The van der Waals surface area contributed by atoms with Gasteiger partial charge in [0, 0.05) is 18.8 Å². The van der Waals surface area contributed by atoms with Gasteiger partial charge in [-0.05, 0) is 86.5 Å². The van der Waals surface area contributed by atoms with Crippen LogP contribution < -0.4 is 0 Å². The molecular formula is C25H38O4. The highest BCUT2D eigenvalue weighted by atomic mass is 16.7. The summed E-state index contributed by atoms with van der Waals surface area (Å²) in [6, 6.07) is 0. The van der Waals surface area contributed by atoms with Gasteiger partial charge in [-0.3, -0.25) is 4.79 Å². The molecule has 5 rings (SSSR count). The van der Waals surface area contributed by atoms with Gasteiger partial charge >= 0.3 is 5.97 Å². The normalized spacial score (nSPS) is 50.4. The number of hydrogen-bond donors (Lipinski definition) is 0. The van der Waals surface area contributed by atoms with Crippen molar-refractivity contribution in [2.45, 2.75) is 89.9 Å². The van der Waals surface area contributed by atoms with E-state index in [1.165, 1.54) is 39.0 Å². The van der Waals surface area contributed by atoms with Crippen LogP contribution in [0.4, 0.5) is 0 Å². The number of hydrogen-bond acceptors (Lipinski definition) is 4. The highest BCUT2D eigenvalue weighted by Crippen LogP contribution is 2.70. The van der Waals surface area contributed by atoms with Gasteiger partial charge in [0.1, 0.15) is 5.60 Å². The zero-order chi connectivity index (χ0) is 20.5. The average molecular weight is 403 g/mol. The second-order valence-corrected chi connectivity index (χ2v) is 11.2. The molecule has 0 amide bonds. The molecule has 0 bridgehead atoms. The van der Waals surface area contributed by atoms with E-state index in [4.69, 9.17) is 14.2 Å². The predicted octanol–water partition coefficient (Wildman–Crippen LogP) is 5.26. The number of carbonyl (C=O) groups excluding carboxylic acids is 1. The molecular weight excluding hydrogens is 364 g/mol. The Labute approximate surface area is 175 Å². The molecule has 0 aromatic rings. The van der Waals surface area contributed by atoms with Crippen LogP contribution in [-0.4, -0.2) is 30.6 Å². The Balaban J connectivity index is 1.39. The first-order valence-electron chi connectivity index (χ1n) is 11.9. The fourth-order valence-electron chi connectivity index (χ4n) is 8.75. The summed E-state index contributed by atoms with van der Waals surface area (Å²) in [5.74, 6) is 2.41. The Morgan fingerprint density at radius 2 is 1.72 bits per heavy atom. The molecule has 162 valence electrons. The smallest absolute Gasteiger partial charge is 0.303 e. The van der Waals surface area contributed by atoms with Crippen LogP contribution in [0, 0.1) is 34.5 Å². The number of rotatable bonds is 2. The monoisotopic (exact) mass is 402 g/mol. The predicted molar refractivity (Wildman–Crippen MR) is 111 cm³/mol. The molecule has 0 aromatic carbocycles.